The van der Waals surface area contributed by atoms with Crippen molar-refractivity contribution in [2.24, 2.45) is 0 Å². The van der Waals surface area contributed by atoms with Gasteiger partial charge in [-0.2, -0.15) is 0 Å². The Labute approximate surface area is 131 Å². The lowest BCUT2D eigenvalue weighted by molar-refractivity contribution is 0.0676. The largest absolute Gasteiger partial charge is 0.379 e. The summed E-state index contributed by atoms with van der Waals surface area (Å²) >= 11 is 3.54. The fraction of sp³-hybridized carbons (Fsp3) is 0.250. The van der Waals surface area contributed by atoms with E-state index in [0.717, 1.165) is 0 Å². The number of fused-ring (bicyclic) bond motifs is 2. The van der Waals surface area contributed by atoms with Crippen LogP contribution < -0.4 is 0 Å². The fourth-order valence-corrected chi connectivity index (χ4v) is 7.37. The minimum Gasteiger partial charge on any atom is -0.379 e. The second kappa shape index (κ2) is 3.97. The van der Waals surface area contributed by atoms with E-state index >= 15 is 0 Å². The van der Waals surface area contributed by atoms with Crippen LogP contribution in [0.15, 0.2) is 59.5 Å². The average molecular weight is 365 g/mol. The minimum absolute atomic E-state index is 0.244. The lowest BCUT2D eigenvalue weighted by Crippen LogP contribution is -2.46. The molecule has 4 rings (SSSR count). The number of hydrogen-bond donors (Lipinski definition) is 1. The molecule has 108 valence electrons. The van der Waals surface area contributed by atoms with Crippen LogP contribution in [0.1, 0.15) is 17.5 Å². The van der Waals surface area contributed by atoms with Crippen LogP contribution in [-0.2, 0) is 15.4 Å². The van der Waals surface area contributed by atoms with Gasteiger partial charge in [-0.15, -0.1) is 0 Å². The Bertz CT molecular complexity index is 834. The minimum atomic E-state index is -3.39. The highest BCUT2D eigenvalue weighted by Gasteiger charge is 2.74. The summed E-state index contributed by atoms with van der Waals surface area (Å²) in [4.78, 5) is 0.244. The van der Waals surface area contributed by atoms with E-state index in [1.807, 2.05) is 30.3 Å². The van der Waals surface area contributed by atoms with E-state index in [1.54, 1.807) is 24.3 Å². The molecule has 21 heavy (non-hydrogen) atoms. The molecule has 1 saturated carbocycles. The summed E-state index contributed by atoms with van der Waals surface area (Å²) in [7, 11) is -3.39. The van der Waals surface area contributed by atoms with Crippen molar-refractivity contribution < 1.29 is 13.5 Å². The zero-order chi connectivity index (χ0) is 14.9. The van der Waals surface area contributed by atoms with Gasteiger partial charge in [0.2, 0.25) is 0 Å². The Morgan fingerprint density at radius 3 is 2.38 bits per heavy atom. The molecule has 1 aliphatic heterocycles. The number of aliphatic hydroxyl groups is 1. The molecule has 5 heteroatoms. The topological polar surface area (TPSA) is 54.4 Å². The molecule has 0 amide bonds. The molecule has 2 aromatic rings. The maximum absolute atomic E-state index is 12.6. The highest BCUT2D eigenvalue weighted by atomic mass is 79.9. The highest BCUT2D eigenvalue weighted by molar-refractivity contribution is 9.10. The lowest BCUT2D eigenvalue weighted by Gasteiger charge is -2.39. The van der Waals surface area contributed by atoms with Crippen LogP contribution in [0, 0.1) is 0 Å². The monoisotopic (exact) mass is 364 g/mol. The molecule has 2 aliphatic rings. The van der Waals surface area contributed by atoms with E-state index in [-0.39, 0.29) is 4.90 Å². The summed E-state index contributed by atoms with van der Waals surface area (Å²) in [6.07, 6.45) is 0.412. The maximum Gasteiger partial charge on any atom is 0.183 e. The van der Waals surface area contributed by atoms with E-state index in [9.17, 15) is 13.5 Å². The van der Waals surface area contributed by atoms with Crippen LogP contribution in [0.2, 0.25) is 0 Å². The van der Waals surface area contributed by atoms with E-state index in [0.29, 0.717) is 17.5 Å². The predicted molar refractivity (Wildman–Crippen MR) is 83.1 cm³/mol. The first-order valence-corrected chi connectivity index (χ1v) is 9.06. The summed E-state index contributed by atoms with van der Waals surface area (Å²) in [5.41, 5.74) is -0.158. The van der Waals surface area contributed by atoms with Crippen molar-refractivity contribution in [3.05, 3.63) is 65.7 Å². The van der Waals surface area contributed by atoms with E-state index in [1.165, 1.54) is 0 Å². The summed E-state index contributed by atoms with van der Waals surface area (Å²) in [5.74, 6) is 0. The van der Waals surface area contributed by atoms with Crippen molar-refractivity contribution in [2.75, 3.05) is 0 Å². The standard InChI is InChI=1S/C16H13BrO3S/c17-15-10-14(15)21(19,20)13-9-5-4-8-12(13)16(15,18)11-6-2-1-3-7-11/h1-9,14,18H,10H2. The fourth-order valence-electron chi connectivity index (χ4n) is 3.41. The molecule has 3 unspecified atom stereocenters. The van der Waals surface area contributed by atoms with Crippen LogP contribution in [0.5, 0.6) is 0 Å². The van der Waals surface area contributed by atoms with Crippen molar-refractivity contribution in [1.82, 2.24) is 0 Å². The van der Waals surface area contributed by atoms with Crippen LogP contribution in [-0.4, -0.2) is 23.1 Å². The van der Waals surface area contributed by atoms with Crippen LogP contribution >= 0.6 is 15.9 Å². The Morgan fingerprint density at radius 1 is 1.05 bits per heavy atom. The van der Waals surface area contributed by atoms with Gasteiger partial charge in [0.1, 0.15) is 5.60 Å². The zero-order valence-corrected chi connectivity index (χ0v) is 13.4. The molecule has 1 N–H and O–H groups in total. The van der Waals surface area contributed by atoms with Gasteiger partial charge in [0.15, 0.2) is 9.84 Å². The van der Waals surface area contributed by atoms with Crippen molar-refractivity contribution >= 4 is 25.8 Å². The first-order chi connectivity index (χ1) is 9.92. The quantitative estimate of drug-likeness (QED) is 0.791. The Kier molecular flexibility index (Phi) is 2.55. The van der Waals surface area contributed by atoms with Gasteiger partial charge >= 0.3 is 0 Å². The SMILES string of the molecule is O=S1(=O)c2ccccc2C(O)(c2ccccc2)C2(Br)CC21. The highest BCUT2D eigenvalue weighted by Crippen LogP contribution is 2.66. The Hall–Kier alpha value is -1.17. The Balaban J connectivity index is 2.09. The third-order valence-corrected chi connectivity index (χ3v) is 8.62. The lowest BCUT2D eigenvalue weighted by atomic mass is 9.81. The van der Waals surface area contributed by atoms with E-state index in [2.05, 4.69) is 15.9 Å². The number of sulfone groups is 1. The molecule has 2 aromatic carbocycles. The molecule has 0 saturated heterocycles. The second-order valence-electron chi connectivity index (χ2n) is 5.67. The first kappa shape index (κ1) is 13.5. The molecule has 0 bridgehead atoms. The van der Waals surface area contributed by atoms with Crippen LogP contribution in [0.4, 0.5) is 0 Å². The zero-order valence-electron chi connectivity index (χ0n) is 11.0. The third kappa shape index (κ3) is 1.49. The van der Waals surface area contributed by atoms with Gasteiger partial charge in [0.05, 0.1) is 14.5 Å². The number of alkyl halides is 1. The van der Waals surface area contributed by atoms with Crippen molar-refractivity contribution in [3.8, 4) is 0 Å². The Morgan fingerprint density at radius 2 is 1.67 bits per heavy atom. The molecule has 3 nitrogen and oxygen atoms in total. The van der Waals surface area contributed by atoms with Crippen molar-refractivity contribution in [3.63, 3.8) is 0 Å². The van der Waals surface area contributed by atoms with Gasteiger partial charge in [-0.3, -0.25) is 0 Å². The number of halogens is 1. The molecule has 1 fully saturated rings. The first-order valence-electron chi connectivity index (χ1n) is 6.72. The van der Waals surface area contributed by atoms with Gasteiger partial charge in [0, 0.05) is 5.56 Å². The summed E-state index contributed by atoms with van der Waals surface area (Å²) in [6, 6.07) is 16.0. The average Bonchev–Trinajstić information content (AvgIpc) is 3.22. The van der Waals surface area contributed by atoms with E-state index in [4.69, 9.17) is 0 Å². The van der Waals surface area contributed by atoms with Gasteiger partial charge in [-0.25, -0.2) is 8.42 Å². The van der Waals surface area contributed by atoms with Crippen LogP contribution in [0.3, 0.4) is 0 Å². The van der Waals surface area contributed by atoms with Crippen LogP contribution in [0.25, 0.3) is 0 Å². The molecular weight excluding hydrogens is 352 g/mol. The summed E-state index contributed by atoms with van der Waals surface area (Å²) < 4.78 is 24.4. The van der Waals surface area contributed by atoms with Gasteiger partial charge in [-0.1, -0.05) is 64.5 Å². The smallest absolute Gasteiger partial charge is 0.183 e. The molecule has 0 radical (unpaired) electrons. The normalized spacial score (nSPS) is 35.6. The molecule has 0 spiro atoms. The summed E-state index contributed by atoms with van der Waals surface area (Å²) in [6.45, 7) is 0. The predicted octanol–water partition coefficient (Wildman–Crippen LogP) is 2.62. The maximum atomic E-state index is 12.6. The molecule has 1 heterocycles. The molecule has 0 aromatic heterocycles. The van der Waals surface area contributed by atoms with E-state index < -0.39 is 25.0 Å². The van der Waals surface area contributed by atoms with Gasteiger partial charge in [-0.05, 0) is 18.1 Å². The van der Waals surface area contributed by atoms with Crippen molar-refractivity contribution in [1.29, 1.82) is 0 Å². The number of rotatable bonds is 1. The summed E-state index contributed by atoms with van der Waals surface area (Å²) in [5, 5.41) is 10.9. The second-order valence-corrected chi connectivity index (χ2v) is 9.19. The van der Waals surface area contributed by atoms with Gasteiger partial charge < -0.3 is 5.11 Å². The molecule has 3 atom stereocenters. The molecule has 1 aliphatic carbocycles. The van der Waals surface area contributed by atoms with Crippen molar-refractivity contribution in [2.45, 2.75) is 26.5 Å². The third-order valence-electron chi connectivity index (χ3n) is 4.58. The number of benzene rings is 2. The molecular formula is C16H13BrO3S. The van der Waals surface area contributed by atoms with Gasteiger partial charge in [0.25, 0.3) is 0 Å². The number of hydrogen-bond acceptors (Lipinski definition) is 3.